The van der Waals surface area contributed by atoms with E-state index in [2.05, 4.69) is 37.6 Å². The van der Waals surface area contributed by atoms with Gasteiger partial charge in [-0.05, 0) is 42.5 Å². The van der Waals surface area contributed by atoms with Gasteiger partial charge in [-0.15, -0.1) is 10.2 Å². The molecule has 0 N–H and O–H groups in total. The van der Waals surface area contributed by atoms with Gasteiger partial charge in [0.05, 0.1) is 12.8 Å². The van der Waals surface area contributed by atoms with Crippen LogP contribution in [-0.4, -0.2) is 32.8 Å². The van der Waals surface area contributed by atoms with Crippen LogP contribution in [0.1, 0.15) is 31.1 Å². The van der Waals surface area contributed by atoms with Gasteiger partial charge in [0, 0.05) is 31.2 Å². The maximum Gasteiger partial charge on any atom is 0.228 e. The maximum absolute atomic E-state index is 5.57. The summed E-state index contributed by atoms with van der Waals surface area (Å²) >= 11 is 1.69. The summed E-state index contributed by atoms with van der Waals surface area (Å²) in [7, 11) is 0. The third kappa shape index (κ3) is 3.93. The van der Waals surface area contributed by atoms with Gasteiger partial charge in [-0.25, -0.2) is 0 Å². The topological polar surface area (TPSA) is 60.0 Å². The van der Waals surface area contributed by atoms with Gasteiger partial charge in [0.1, 0.15) is 5.76 Å². The third-order valence-corrected chi connectivity index (χ3v) is 5.79. The molecular formula is C19H23N5OS. The van der Waals surface area contributed by atoms with Gasteiger partial charge in [-0.3, -0.25) is 9.55 Å². The largest absolute Gasteiger partial charge is 0.467 e. The number of hydrogen-bond donors (Lipinski definition) is 0. The van der Waals surface area contributed by atoms with Crippen LogP contribution in [0, 0.1) is 5.92 Å². The van der Waals surface area contributed by atoms with E-state index < -0.39 is 0 Å². The molecule has 1 saturated heterocycles. The summed E-state index contributed by atoms with van der Waals surface area (Å²) in [5.41, 5.74) is 1.18. The smallest absolute Gasteiger partial charge is 0.228 e. The number of hydrogen-bond acceptors (Lipinski definition) is 6. The Morgan fingerprint density at radius 1 is 1.19 bits per heavy atom. The van der Waals surface area contributed by atoms with Crippen LogP contribution in [0.15, 0.2) is 52.5 Å². The fourth-order valence-corrected chi connectivity index (χ4v) is 4.03. The molecule has 26 heavy (non-hydrogen) atoms. The highest BCUT2D eigenvalue weighted by Gasteiger charge is 2.23. The molecule has 0 spiro atoms. The average molecular weight is 369 g/mol. The Labute approximate surface area is 157 Å². The normalized spacial score (nSPS) is 15.5. The summed E-state index contributed by atoms with van der Waals surface area (Å²) in [5.74, 6) is 3.47. The van der Waals surface area contributed by atoms with Gasteiger partial charge in [0.2, 0.25) is 5.95 Å². The zero-order chi connectivity index (χ0) is 17.8. The van der Waals surface area contributed by atoms with E-state index in [4.69, 9.17) is 4.42 Å². The second-order valence-electron chi connectivity index (χ2n) is 6.77. The Bertz CT molecular complexity index is 810. The van der Waals surface area contributed by atoms with Crippen molar-refractivity contribution in [1.82, 2.24) is 19.7 Å². The first-order valence-electron chi connectivity index (χ1n) is 9.02. The van der Waals surface area contributed by atoms with Crippen molar-refractivity contribution in [3.05, 3.63) is 54.2 Å². The van der Waals surface area contributed by atoms with E-state index >= 15 is 0 Å². The monoisotopic (exact) mass is 369 g/mol. The number of aromatic nitrogens is 4. The molecule has 0 aliphatic carbocycles. The Balaban J connectivity index is 1.56. The molecule has 0 aromatic carbocycles. The van der Waals surface area contributed by atoms with Crippen LogP contribution in [-0.2, 0) is 12.3 Å². The van der Waals surface area contributed by atoms with E-state index in [1.807, 2.05) is 24.4 Å². The first-order valence-corrected chi connectivity index (χ1v) is 10.0. The number of anilines is 1. The molecule has 6 nitrogen and oxygen atoms in total. The van der Waals surface area contributed by atoms with Gasteiger partial charge >= 0.3 is 0 Å². The lowest BCUT2D eigenvalue weighted by Gasteiger charge is -2.31. The molecule has 4 heterocycles. The molecule has 4 rings (SSSR count). The van der Waals surface area contributed by atoms with Gasteiger partial charge in [0.15, 0.2) is 5.16 Å². The fourth-order valence-electron chi connectivity index (χ4n) is 3.16. The first-order chi connectivity index (χ1) is 12.8. The average Bonchev–Trinajstić information content (AvgIpc) is 3.32. The van der Waals surface area contributed by atoms with Gasteiger partial charge in [-0.2, -0.15) is 0 Å². The van der Waals surface area contributed by atoms with E-state index in [1.165, 1.54) is 18.4 Å². The minimum absolute atomic E-state index is 0.650. The van der Waals surface area contributed by atoms with Crippen LogP contribution in [0.3, 0.4) is 0 Å². The standard InChI is InChI=1S/C19H23N5OS/c1-15-6-9-23(10-7-15)18-21-22-19(24(18)13-17-5-3-11-25-17)26-14-16-4-2-8-20-12-16/h2-5,8,11-12,15H,6-7,9-10,13-14H2,1H3. The second kappa shape index (κ2) is 7.95. The van der Waals surface area contributed by atoms with Crippen molar-refractivity contribution in [2.24, 2.45) is 5.92 Å². The molecule has 7 heteroatoms. The summed E-state index contributed by atoms with van der Waals surface area (Å²) in [6.45, 7) is 5.03. The molecular weight excluding hydrogens is 346 g/mol. The number of rotatable bonds is 6. The SMILES string of the molecule is CC1CCN(c2nnc(SCc3cccnc3)n2Cc2ccco2)CC1. The van der Waals surface area contributed by atoms with Crippen LogP contribution < -0.4 is 4.90 Å². The minimum atomic E-state index is 0.650. The summed E-state index contributed by atoms with van der Waals surface area (Å²) in [5, 5.41) is 9.91. The summed E-state index contributed by atoms with van der Waals surface area (Å²) in [4.78, 5) is 6.54. The number of piperidine rings is 1. The lowest BCUT2D eigenvalue weighted by Crippen LogP contribution is -2.35. The Kier molecular flexibility index (Phi) is 5.24. The summed E-state index contributed by atoms with van der Waals surface area (Å²) in [6, 6.07) is 7.96. The van der Waals surface area contributed by atoms with Crippen LogP contribution in [0.4, 0.5) is 5.95 Å². The lowest BCUT2D eigenvalue weighted by molar-refractivity contribution is 0.427. The molecule has 0 radical (unpaired) electrons. The highest BCUT2D eigenvalue weighted by atomic mass is 32.2. The van der Waals surface area contributed by atoms with Crippen molar-refractivity contribution >= 4 is 17.7 Å². The summed E-state index contributed by atoms with van der Waals surface area (Å²) in [6.07, 6.45) is 7.80. The van der Waals surface area contributed by atoms with Crippen molar-refractivity contribution in [2.45, 2.75) is 37.2 Å². The van der Waals surface area contributed by atoms with Gasteiger partial charge in [0.25, 0.3) is 0 Å². The van der Waals surface area contributed by atoms with Crippen molar-refractivity contribution in [3.63, 3.8) is 0 Å². The minimum Gasteiger partial charge on any atom is -0.467 e. The third-order valence-electron chi connectivity index (χ3n) is 4.75. The first kappa shape index (κ1) is 17.1. The van der Waals surface area contributed by atoms with E-state index in [9.17, 15) is 0 Å². The molecule has 0 bridgehead atoms. The molecule has 0 unspecified atom stereocenters. The summed E-state index contributed by atoms with van der Waals surface area (Å²) < 4.78 is 7.75. The second-order valence-corrected chi connectivity index (χ2v) is 7.71. The molecule has 0 saturated carbocycles. The zero-order valence-electron chi connectivity index (χ0n) is 14.9. The number of pyridine rings is 1. The Morgan fingerprint density at radius 3 is 2.81 bits per heavy atom. The molecule has 1 fully saturated rings. The number of furan rings is 1. The van der Waals surface area contributed by atoms with Crippen molar-refractivity contribution in [3.8, 4) is 0 Å². The van der Waals surface area contributed by atoms with Crippen molar-refractivity contribution in [2.75, 3.05) is 18.0 Å². The van der Waals surface area contributed by atoms with Crippen LogP contribution in [0.5, 0.6) is 0 Å². The highest BCUT2D eigenvalue weighted by molar-refractivity contribution is 7.98. The molecule has 0 amide bonds. The fraction of sp³-hybridized carbons (Fsp3) is 0.421. The highest BCUT2D eigenvalue weighted by Crippen LogP contribution is 2.28. The van der Waals surface area contributed by atoms with E-state index in [-0.39, 0.29) is 0 Å². The molecule has 3 aromatic heterocycles. The predicted molar refractivity (Wildman–Crippen MR) is 102 cm³/mol. The van der Waals surface area contributed by atoms with Crippen LogP contribution >= 0.6 is 11.8 Å². The van der Waals surface area contributed by atoms with E-state index in [1.54, 1.807) is 24.2 Å². The van der Waals surface area contributed by atoms with Gasteiger partial charge in [-0.1, -0.05) is 24.8 Å². The van der Waals surface area contributed by atoms with Crippen molar-refractivity contribution in [1.29, 1.82) is 0 Å². The molecule has 0 atom stereocenters. The maximum atomic E-state index is 5.57. The van der Waals surface area contributed by atoms with E-state index in [0.29, 0.717) is 6.54 Å². The number of thioether (sulfide) groups is 1. The lowest BCUT2D eigenvalue weighted by atomic mass is 10.00. The Morgan fingerprint density at radius 2 is 2.08 bits per heavy atom. The Hall–Kier alpha value is -2.28. The van der Waals surface area contributed by atoms with Crippen LogP contribution in [0.25, 0.3) is 0 Å². The predicted octanol–water partition coefficient (Wildman–Crippen LogP) is 3.84. The van der Waals surface area contributed by atoms with Gasteiger partial charge < -0.3 is 9.32 Å². The molecule has 1 aliphatic heterocycles. The zero-order valence-corrected chi connectivity index (χ0v) is 15.7. The number of nitrogens with zero attached hydrogens (tertiary/aromatic N) is 5. The molecule has 3 aromatic rings. The van der Waals surface area contributed by atoms with E-state index in [0.717, 1.165) is 41.6 Å². The van der Waals surface area contributed by atoms with Crippen LogP contribution in [0.2, 0.25) is 0 Å². The molecule has 136 valence electrons. The molecule has 1 aliphatic rings. The quantitative estimate of drug-likeness (QED) is 0.615. The van der Waals surface area contributed by atoms with Crippen molar-refractivity contribution < 1.29 is 4.42 Å².